The van der Waals surface area contributed by atoms with Crippen molar-refractivity contribution in [2.75, 3.05) is 0 Å². The van der Waals surface area contributed by atoms with Crippen molar-refractivity contribution in [2.45, 2.75) is 19.1 Å². The molecule has 0 bridgehead atoms. The van der Waals surface area contributed by atoms with Crippen LogP contribution in [0.3, 0.4) is 0 Å². The van der Waals surface area contributed by atoms with E-state index in [0.717, 1.165) is 5.57 Å². The van der Waals surface area contributed by atoms with Crippen LogP contribution in [0.2, 0.25) is 0 Å². The van der Waals surface area contributed by atoms with Crippen LogP contribution < -0.4 is 0 Å². The van der Waals surface area contributed by atoms with Crippen LogP contribution in [0.15, 0.2) is 37.0 Å². The summed E-state index contributed by atoms with van der Waals surface area (Å²) in [7, 11) is 0. The highest BCUT2D eigenvalue weighted by Gasteiger charge is 2.13. The molecule has 0 aliphatic carbocycles. The van der Waals surface area contributed by atoms with Gasteiger partial charge >= 0.3 is 0 Å². The van der Waals surface area contributed by atoms with Crippen molar-refractivity contribution in [2.24, 2.45) is 0 Å². The van der Waals surface area contributed by atoms with Crippen LogP contribution >= 0.6 is 0 Å². The van der Waals surface area contributed by atoms with E-state index in [1.54, 1.807) is 6.08 Å². The first kappa shape index (κ1) is 7.29. The van der Waals surface area contributed by atoms with Gasteiger partial charge in [-0.05, 0) is 12.5 Å². The summed E-state index contributed by atoms with van der Waals surface area (Å²) >= 11 is 0. The molecular formula is C9H12O. The van der Waals surface area contributed by atoms with Gasteiger partial charge in [-0.25, -0.2) is 0 Å². The summed E-state index contributed by atoms with van der Waals surface area (Å²) in [5, 5.41) is 0. The second kappa shape index (κ2) is 2.84. The molecular weight excluding hydrogens is 124 g/mol. The molecule has 0 N–H and O–H groups in total. The molecule has 0 saturated heterocycles. The first-order valence-corrected chi connectivity index (χ1v) is 3.39. The summed E-state index contributed by atoms with van der Waals surface area (Å²) < 4.78 is 5.44. The zero-order valence-corrected chi connectivity index (χ0v) is 6.21. The zero-order chi connectivity index (χ0) is 7.56. The third kappa shape index (κ3) is 1.36. The minimum atomic E-state index is 0.0139. The van der Waals surface area contributed by atoms with Crippen molar-refractivity contribution in [3.63, 3.8) is 0 Å². The van der Waals surface area contributed by atoms with Gasteiger partial charge in [0, 0.05) is 0 Å². The third-order valence-corrected chi connectivity index (χ3v) is 1.52. The van der Waals surface area contributed by atoms with Crippen LogP contribution in [-0.2, 0) is 4.74 Å². The smallest absolute Gasteiger partial charge is 0.101 e. The largest absolute Gasteiger partial charge is 0.362 e. The van der Waals surface area contributed by atoms with Gasteiger partial charge in [-0.3, -0.25) is 0 Å². The second-order valence-corrected chi connectivity index (χ2v) is 2.43. The molecule has 1 unspecified atom stereocenters. The maximum atomic E-state index is 5.44. The summed E-state index contributed by atoms with van der Waals surface area (Å²) in [5.41, 5.74) is 0.980. The minimum Gasteiger partial charge on any atom is -0.362 e. The molecule has 0 saturated carbocycles. The highest BCUT2D eigenvalue weighted by Crippen LogP contribution is 2.16. The standard InChI is InChI=1S/C9H12O/c1-4-9-7(2)5-6-8(3)10-9/h4-6,8-9H,1-2H2,3H3/t8-,9?/m1/s1. The molecule has 0 radical (unpaired) electrons. The van der Waals surface area contributed by atoms with Crippen molar-refractivity contribution in [3.05, 3.63) is 37.0 Å². The van der Waals surface area contributed by atoms with E-state index in [1.807, 2.05) is 19.1 Å². The highest BCUT2D eigenvalue weighted by molar-refractivity contribution is 5.26. The Labute approximate surface area is 61.7 Å². The summed E-state index contributed by atoms with van der Waals surface area (Å²) in [6, 6.07) is 0. The van der Waals surface area contributed by atoms with E-state index in [-0.39, 0.29) is 12.2 Å². The molecule has 0 amide bonds. The lowest BCUT2D eigenvalue weighted by molar-refractivity contribution is 0.0686. The Kier molecular flexibility index (Phi) is 2.07. The van der Waals surface area contributed by atoms with Crippen molar-refractivity contribution in [1.29, 1.82) is 0 Å². The number of rotatable bonds is 1. The Morgan fingerprint density at radius 2 is 2.40 bits per heavy atom. The van der Waals surface area contributed by atoms with E-state index in [2.05, 4.69) is 13.2 Å². The molecule has 0 aromatic carbocycles. The summed E-state index contributed by atoms with van der Waals surface area (Å²) in [5.74, 6) is 0. The Balaban J connectivity index is 2.71. The SMILES string of the molecule is C=CC1O[C@H](C)C=CC1=C. The highest BCUT2D eigenvalue weighted by atomic mass is 16.5. The van der Waals surface area contributed by atoms with Crippen LogP contribution in [0.25, 0.3) is 0 Å². The number of hydrogen-bond acceptors (Lipinski definition) is 1. The van der Waals surface area contributed by atoms with Crippen LogP contribution in [-0.4, -0.2) is 12.2 Å². The van der Waals surface area contributed by atoms with E-state index in [4.69, 9.17) is 4.74 Å². The molecule has 0 aromatic heterocycles. The van der Waals surface area contributed by atoms with E-state index >= 15 is 0 Å². The summed E-state index contributed by atoms with van der Waals surface area (Å²) in [6.07, 6.45) is 5.94. The fourth-order valence-corrected chi connectivity index (χ4v) is 0.925. The molecule has 1 heterocycles. The van der Waals surface area contributed by atoms with Crippen molar-refractivity contribution in [1.82, 2.24) is 0 Å². The predicted molar refractivity (Wildman–Crippen MR) is 42.8 cm³/mol. The maximum absolute atomic E-state index is 5.44. The topological polar surface area (TPSA) is 9.23 Å². The molecule has 1 heteroatoms. The van der Waals surface area contributed by atoms with Crippen molar-refractivity contribution < 1.29 is 4.74 Å². The zero-order valence-electron chi connectivity index (χ0n) is 6.21. The molecule has 2 atom stereocenters. The Bertz CT molecular complexity index is 179. The fraction of sp³-hybridized carbons (Fsp3) is 0.333. The van der Waals surface area contributed by atoms with Gasteiger partial charge in [-0.1, -0.05) is 24.8 Å². The third-order valence-electron chi connectivity index (χ3n) is 1.52. The Morgan fingerprint density at radius 3 is 2.90 bits per heavy atom. The Hall–Kier alpha value is -0.820. The lowest BCUT2D eigenvalue weighted by atomic mass is 10.1. The van der Waals surface area contributed by atoms with E-state index in [0.29, 0.717) is 0 Å². The monoisotopic (exact) mass is 136 g/mol. The van der Waals surface area contributed by atoms with Gasteiger partial charge in [0.25, 0.3) is 0 Å². The van der Waals surface area contributed by atoms with E-state index < -0.39 is 0 Å². The van der Waals surface area contributed by atoms with Gasteiger partial charge in [0.2, 0.25) is 0 Å². The molecule has 0 spiro atoms. The minimum absolute atomic E-state index is 0.0139. The Morgan fingerprint density at radius 1 is 1.70 bits per heavy atom. The van der Waals surface area contributed by atoms with Crippen LogP contribution in [0.1, 0.15) is 6.92 Å². The van der Waals surface area contributed by atoms with Crippen molar-refractivity contribution >= 4 is 0 Å². The van der Waals surface area contributed by atoms with E-state index in [1.165, 1.54) is 0 Å². The van der Waals surface area contributed by atoms with Gasteiger partial charge in [0.15, 0.2) is 0 Å². The average molecular weight is 136 g/mol. The van der Waals surface area contributed by atoms with Gasteiger partial charge in [-0.15, -0.1) is 6.58 Å². The first-order chi connectivity index (χ1) is 4.74. The fourth-order valence-electron chi connectivity index (χ4n) is 0.925. The first-order valence-electron chi connectivity index (χ1n) is 3.39. The summed E-state index contributed by atoms with van der Waals surface area (Å²) in [6.45, 7) is 9.47. The van der Waals surface area contributed by atoms with Gasteiger partial charge in [0.05, 0.1) is 6.10 Å². The second-order valence-electron chi connectivity index (χ2n) is 2.43. The van der Waals surface area contributed by atoms with Crippen LogP contribution in [0.4, 0.5) is 0 Å². The normalized spacial score (nSPS) is 32.3. The molecule has 1 aliphatic heterocycles. The lowest BCUT2D eigenvalue weighted by Gasteiger charge is -2.22. The number of ether oxygens (including phenoxy) is 1. The molecule has 1 nitrogen and oxygen atoms in total. The lowest BCUT2D eigenvalue weighted by Crippen LogP contribution is -2.21. The predicted octanol–water partition coefficient (Wildman–Crippen LogP) is 2.07. The molecule has 0 fully saturated rings. The van der Waals surface area contributed by atoms with E-state index in [9.17, 15) is 0 Å². The molecule has 1 rings (SSSR count). The van der Waals surface area contributed by atoms with Gasteiger partial charge in [-0.2, -0.15) is 0 Å². The molecule has 54 valence electrons. The van der Waals surface area contributed by atoms with Crippen molar-refractivity contribution in [3.8, 4) is 0 Å². The quantitative estimate of drug-likeness (QED) is 0.501. The number of hydrogen-bond donors (Lipinski definition) is 0. The molecule has 0 aromatic rings. The maximum Gasteiger partial charge on any atom is 0.101 e. The van der Waals surface area contributed by atoms with Gasteiger partial charge < -0.3 is 4.74 Å². The summed E-state index contributed by atoms with van der Waals surface area (Å²) in [4.78, 5) is 0. The van der Waals surface area contributed by atoms with Crippen LogP contribution in [0, 0.1) is 0 Å². The van der Waals surface area contributed by atoms with Gasteiger partial charge in [0.1, 0.15) is 6.10 Å². The van der Waals surface area contributed by atoms with Crippen LogP contribution in [0.5, 0.6) is 0 Å². The molecule has 1 aliphatic rings. The average Bonchev–Trinajstić information content (AvgIpc) is 1.94. The molecule has 10 heavy (non-hydrogen) atoms.